The number of hydrogen-bond donors (Lipinski definition) is 1. The summed E-state index contributed by atoms with van der Waals surface area (Å²) < 4.78 is 33.3. The predicted molar refractivity (Wildman–Crippen MR) is 70.0 cm³/mol. The largest absolute Gasteiger partial charge is 0.456 e. The third-order valence-electron chi connectivity index (χ3n) is 2.88. The van der Waals surface area contributed by atoms with Crippen LogP contribution in [0.3, 0.4) is 0 Å². The fourth-order valence-electron chi connectivity index (χ4n) is 1.85. The van der Waals surface area contributed by atoms with Gasteiger partial charge >= 0.3 is 5.97 Å². The van der Waals surface area contributed by atoms with Crippen LogP contribution >= 0.6 is 0 Å². The van der Waals surface area contributed by atoms with Gasteiger partial charge in [-0.25, -0.2) is 13.6 Å². The summed E-state index contributed by atoms with van der Waals surface area (Å²) in [6.45, 7) is 1.91. The zero-order chi connectivity index (χ0) is 14.7. The van der Waals surface area contributed by atoms with Gasteiger partial charge in [-0.1, -0.05) is 6.07 Å². The highest BCUT2D eigenvalue weighted by molar-refractivity contribution is 5.89. The lowest BCUT2D eigenvalue weighted by Gasteiger charge is -2.08. The summed E-state index contributed by atoms with van der Waals surface area (Å²) in [5.41, 5.74) is 6.00. The molecule has 1 heterocycles. The number of benzene rings is 1. The number of nitrogens with zero attached hydrogens (tertiary/aromatic N) is 1. The molecule has 0 fully saturated rings. The molecule has 0 radical (unpaired) electrons. The van der Waals surface area contributed by atoms with Crippen LogP contribution in [0, 0.1) is 11.6 Å². The molecule has 6 heteroatoms. The molecule has 0 aliphatic carbocycles. The van der Waals surface area contributed by atoms with E-state index in [4.69, 9.17) is 10.5 Å². The molecule has 1 aromatic heterocycles. The summed E-state index contributed by atoms with van der Waals surface area (Å²) >= 11 is 0. The molecular formula is C14H14F2N2O2. The summed E-state index contributed by atoms with van der Waals surface area (Å²) in [6, 6.07) is 4.93. The number of carbonyl (C=O) groups is 1. The highest BCUT2D eigenvalue weighted by Gasteiger charge is 2.16. The predicted octanol–water partition coefficient (Wildman–Crippen LogP) is 2.73. The molecule has 0 saturated heterocycles. The molecule has 0 unspecified atom stereocenters. The number of esters is 1. The zero-order valence-electron chi connectivity index (χ0n) is 10.9. The minimum absolute atomic E-state index is 0.252. The van der Waals surface area contributed by atoms with E-state index in [-0.39, 0.29) is 11.3 Å². The van der Waals surface area contributed by atoms with Gasteiger partial charge in [0.05, 0.1) is 11.3 Å². The first-order chi connectivity index (χ1) is 9.52. The molecule has 1 aromatic carbocycles. The Kier molecular flexibility index (Phi) is 4.02. The maximum Gasteiger partial charge on any atom is 0.355 e. The lowest BCUT2D eigenvalue weighted by molar-refractivity contribution is 0.0452. The minimum Gasteiger partial charge on any atom is -0.456 e. The van der Waals surface area contributed by atoms with Crippen molar-refractivity contribution in [3.63, 3.8) is 0 Å². The topological polar surface area (TPSA) is 57.2 Å². The molecule has 2 aromatic rings. The number of aryl methyl sites for hydroxylation is 1. The summed E-state index contributed by atoms with van der Waals surface area (Å²) in [6.07, 6.45) is 1.60. The fourth-order valence-corrected chi connectivity index (χ4v) is 1.85. The van der Waals surface area contributed by atoms with Crippen molar-refractivity contribution in [2.75, 3.05) is 5.73 Å². The Bertz CT molecular complexity index is 618. The van der Waals surface area contributed by atoms with Gasteiger partial charge in [-0.15, -0.1) is 0 Å². The molecular weight excluding hydrogens is 266 g/mol. The van der Waals surface area contributed by atoms with Gasteiger partial charge in [0.15, 0.2) is 0 Å². The van der Waals surface area contributed by atoms with Gasteiger partial charge in [-0.3, -0.25) is 0 Å². The second-order valence-electron chi connectivity index (χ2n) is 4.22. The second kappa shape index (κ2) is 5.73. The Morgan fingerprint density at radius 3 is 2.60 bits per heavy atom. The lowest BCUT2D eigenvalue weighted by Crippen LogP contribution is -2.12. The molecule has 106 valence electrons. The van der Waals surface area contributed by atoms with Crippen LogP contribution in [-0.4, -0.2) is 10.5 Å². The second-order valence-corrected chi connectivity index (χ2v) is 4.22. The quantitative estimate of drug-likeness (QED) is 0.876. The average molecular weight is 280 g/mol. The third-order valence-corrected chi connectivity index (χ3v) is 2.88. The maximum atomic E-state index is 13.4. The van der Waals surface area contributed by atoms with Crippen molar-refractivity contribution in [1.29, 1.82) is 0 Å². The van der Waals surface area contributed by atoms with Crippen molar-refractivity contribution in [2.45, 2.75) is 20.1 Å². The SMILES string of the molecule is CCn1cc(N)cc1C(=O)OCc1c(F)cccc1F. The number of rotatable bonds is 4. The Morgan fingerprint density at radius 1 is 1.35 bits per heavy atom. The molecule has 0 saturated carbocycles. The number of nitrogen functional groups attached to an aromatic ring is 1. The normalized spacial score (nSPS) is 10.6. The van der Waals surface area contributed by atoms with E-state index in [2.05, 4.69) is 0 Å². The highest BCUT2D eigenvalue weighted by Crippen LogP contribution is 2.16. The summed E-state index contributed by atoms with van der Waals surface area (Å²) in [5, 5.41) is 0. The molecule has 2 rings (SSSR count). The van der Waals surface area contributed by atoms with Gasteiger partial charge in [0.25, 0.3) is 0 Å². The fraction of sp³-hybridized carbons (Fsp3) is 0.214. The lowest BCUT2D eigenvalue weighted by atomic mass is 10.2. The summed E-state index contributed by atoms with van der Waals surface area (Å²) in [7, 11) is 0. The molecule has 0 spiro atoms. The molecule has 2 N–H and O–H groups in total. The molecule has 4 nitrogen and oxygen atoms in total. The van der Waals surface area contributed by atoms with Crippen molar-refractivity contribution in [1.82, 2.24) is 4.57 Å². The Morgan fingerprint density at radius 2 is 2.00 bits per heavy atom. The van der Waals surface area contributed by atoms with Gasteiger partial charge in [0, 0.05) is 12.7 Å². The number of halogens is 2. The molecule has 0 amide bonds. The van der Waals surface area contributed by atoms with Gasteiger partial charge in [0.1, 0.15) is 23.9 Å². The van der Waals surface area contributed by atoms with E-state index in [1.807, 2.05) is 6.92 Å². The van der Waals surface area contributed by atoms with Crippen molar-refractivity contribution in [3.8, 4) is 0 Å². The number of anilines is 1. The van der Waals surface area contributed by atoms with Crippen LogP contribution in [0.4, 0.5) is 14.5 Å². The van der Waals surface area contributed by atoms with E-state index in [1.165, 1.54) is 12.1 Å². The molecule has 0 aliphatic rings. The van der Waals surface area contributed by atoms with Crippen molar-refractivity contribution in [2.24, 2.45) is 0 Å². The molecule has 0 aliphatic heterocycles. The Balaban J connectivity index is 2.13. The minimum atomic E-state index is -0.747. The first-order valence-corrected chi connectivity index (χ1v) is 6.08. The molecule has 0 bridgehead atoms. The number of nitrogens with two attached hydrogens (primary N) is 1. The van der Waals surface area contributed by atoms with Gasteiger partial charge < -0.3 is 15.0 Å². The number of ether oxygens (including phenoxy) is 1. The average Bonchev–Trinajstić information content (AvgIpc) is 2.79. The summed E-state index contributed by atoms with van der Waals surface area (Å²) in [4.78, 5) is 11.9. The Hall–Kier alpha value is -2.37. The van der Waals surface area contributed by atoms with Crippen LogP contribution in [0.1, 0.15) is 23.0 Å². The van der Waals surface area contributed by atoms with E-state index in [9.17, 15) is 13.6 Å². The van der Waals surface area contributed by atoms with E-state index in [0.717, 1.165) is 12.1 Å². The van der Waals surface area contributed by atoms with Crippen molar-refractivity contribution >= 4 is 11.7 Å². The van der Waals surface area contributed by atoms with Crippen LogP contribution in [-0.2, 0) is 17.9 Å². The maximum absolute atomic E-state index is 13.4. The van der Waals surface area contributed by atoms with E-state index < -0.39 is 24.2 Å². The van der Waals surface area contributed by atoms with Crippen LogP contribution in [0.25, 0.3) is 0 Å². The highest BCUT2D eigenvalue weighted by atomic mass is 19.1. The van der Waals surface area contributed by atoms with E-state index in [0.29, 0.717) is 12.2 Å². The van der Waals surface area contributed by atoms with Crippen LogP contribution in [0.15, 0.2) is 30.5 Å². The van der Waals surface area contributed by atoms with Gasteiger partial charge in [0.2, 0.25) is 0 Å². The van der Waals surface area contributed by atoms with Crippen LogP contribution in [0.5, 0.6) is 0 Å². The van der Waals surface area contributed by atoms with Crippen LogP contribution in [0.2, 0.25) is 0 Å². The zero-order valence-corrected chi connectivity index (χ0v) is 10.9. The Labute approximate surface area is 114 Å². The molecule has 0 atom stereocenters. The van der Waals surface area contributed by atoms with Gasteiger partial charge in [-0.05, 0) is 25.1 Å². The van der Waals surface area contributed by atoms with Crippen molar-refractivity contribution in [3.05, 3.63) is 53.4 Å². The number of carbonyl (C=O) groups excluding carboxylic acids is 1. The smallest absolute Gasteiger partial charge is 0.355 e. The van der Waals surface area contributed by atoms with Gasteiger partial charge in [-0.2, -0.15) is 0 Å². The molecule has 20 heavy (non-hydrogen) atoms. The number of aromatic nitrogens is 1. The number of hydrogen-bond acceptors (Lipinski definition) is 3. The third kappa shape index (κ3) is 2.79. The monoisotopic (exact) mass is 280 g/mol. The standard InChI is InChI=1S/C14H14F2N2O2/c1-2-18-7-9(17)6-13(18)14(19)20-8-10-11(15)4-3-5-12(10)16/h3-7H,2,8,17H2,1H3. The first kappa shape index (κ1) is 14.0. The summed E-state index contributed by atoms with van der Waals surface area (Å²) in [5.74, 6) is -2.17. The first-order valence-electron chi connectivity index (χ1n) is 6.08. The van der Waals surface area contributed by atoms with Crippen molar-refractivity contribution < 1.29 is 18.3 Å². The van der Waals surface area contributed by atoms with E-state index >= 15 is 0 Å². The van der Waals surface area contributed by atoms with E-state index in [1.54, 1.807) is 10.8 Å². The van der Waals surface area contributed by atoms with Crippen LogP contribution < -0.4 is 5.73 Å².